The van der Waals surface area contributed by atoms with Gasteiger partial charge in [0.15, 0.2) is 0 Å². The molecule has 6 nitrogen and oxygen atoms in total. The van der Waals surface area contributed by atoms with E-state index in [4.69, 9.17) is 4.74 Å². The number of fused-ring (bicyclic) bond motifs is 1. The van der Waals surface area contributed by atoms with Crippen molar-refractivity contribution in [3.63, 3.8) is 0 Å². The molecule has 5 rings (SSSR count). The highest BCUT2D eigenvalue weighted by Crippen LogP contribution is 2.30. The summed E-state index contributed by atoms with van der Waals surface area (Å²) >= 11 is 0. The summed E-state index contributed by atoms with van der Waals surface area (Å²) in [6, 6.07) is 14.0. The number of piperazine rings is 1. The first kappa shape index (κ1) is 26.0. The number of hydrogen-bond donors (Lipinski definition) is 1. The molecule has 2 amide bonds. The maximum Gasteiger partial charge on any atom is 0.415 e. The lowest BCUT2D eigenvalue weighted by molar-refractivity contribution is -0.138. The zero-order chi connectivity index (χ0) is 25.6. The maximum absolute atomic E-state index is 13.9. The Morgan fingerprint density at radius 3 is 2.38 bits per heavy atom. The van der Waals surface area contributed by atoms with Crippen LogP contribution >= 0.6 is 0 Å². The topological polar surface area (TPSA) is 61.9 Å². The minimum absolute atomic E-state index is 0.0386. The Bertz CT molecular complexity index is 1040. The van der Waals surface area contributed by atoms with E-state index < -0.39 is 0 Å². The number of hydrogen-bond acceptors (Lipinski definition) is 4. The normalized spacial score (nSPS) is 22.7. The lowest BCUT2D eigenvalue weighted by Crippen LogP contribution is -2.60. The molecule has 3 aliphatic rings. The molecule has 37 heavy (non-hydrogen) atoms. The average molecular weight is 506 g/mol. The third kappa shape index (κ3) is 6.46. The van der Waals surface area contributed by atoms with Crippen LogP contribution in [-0.2, 0) is 4.79 Å². The first-order valence-corrected chi connectivity index (χ1v) is 14.6. The van der Waals surface area contributed by atoms with Crippen molar-refractivity contribution in [2.24, 2.45) is 5.92 Å². The van der Waals surface area contributed by atoms with Crippen LogP contribution in [0.2, 0.25) is 0 Å². The fourth-order valence-corrected chi connectivity index (χ4v) is 6.64. The van der Waals surface area contributed by atoms with Crippen molar-refractivity contribution < 1.29 is 14.3 Å². The molecule has 3 fully saturated rings. The van der Waals surface area contributed by atoms with Crippen molar-refractivity contribution in [1.82, 2.24) is 15.1 Å². The van der Waals surface area contributed by atoms with Crippen molar-refractivity contribution in [2.75, 3.05) is 19.6 Å². The molecule has 2 saturated carbocycles. The van der Waals surface area contributed by atoms with Crippen LogP contribution < -0.4 is 10.1 Å². The molecular formula is C31H43N3O3. The molecule has 1 aliphatic heterocycles. The summed E-state index contributed by atoms with van der Waals surface area (Å²) in [4.78, 5) is 30.7. The molecule has 2 aliphatic carbocycles. The second kappa shape index (κ2) is 12.3. The molecule has 6 heteroatoms. The number of nitrogens with zero attached hydrogens (tertiary/aromatic N) is 2. The Morgan fingerprint density at radius 1 is 0.919 bits per heavy atom. The van der Waals surface area contributed by atoms with Gasteiger partial charge in [0, 0.05) is 37.1 Å². The largest absolute Gasteiger partial charge is 0.415 e. The van der Waals surface area contributed by atoms with Crippen LogP contribution in [0, 0.1) is 5.92 Å². The van der Waals surface area contributed by atoms with Gasteiger partial charge < -0.3 is 19.9 Å². The molecule has 0 bridgehead atoms. The molecule has 2 atom stereocenters. The van der Waals surface area contributed by atoms with Gasteiger partial charge >= 0.3 is 6.09 Å². The van der Waals surface area contributed by atoms with Gasteiger partial charge in [-0.2, -0.15) is 0 Å². The number of carbonyl (C=O) groups excluding carboxylic acids is 2. The third-order valence-electron chi connectivity index (χ3n) is 8.75. The van der Waals surface area contributed by atoms with Crippen LogP contribution in [0.1, 0.15) is 77.6 Å². The Labute approximate surface area is 221 Å². The summed E-state index contributed by atoms with van der Waals surface area (Å²) in [6.07, 6.45) is 13.2. The van der Waals surface area contributed by atoms with Gasteiger partial charge in [-0.15, -0.1) is 0 Å². The van der Waals surface area contributed by atoms with Crippen LogP contribution in [0.3, 0.4) is 0 Å². The van der Waals surface area contributed by atoms with E-state index in [9.17, 15) is 9.59 Å². The summed E-state index contributed by atoms with van der Waals surface area (Å²) in [6.45, 7) is 3.61. The zero-order valence-corrected chi connectivity index (χ0v) is 22.4. The molecule has 1 N–H and O–H groups in total. The van der Waals surface area contributed by atoms with E-state index in [0.29, 0.717) is 37.3 Å². The molecular weight excluding hydrogens is 462 g/mol. The van der Waals surface area contributed by atoms with Crippen LogP contribution in [0.4, 0.5) is 4.79 Å². The maximum atomic E-state index is 13.9. The summed E-state index contributed by atoms with van der Waals surface area (Å²) < 4.78 is 5.83. The van der Waals surface area contributed by atoms with E-state index in [0.717, 1.165) is 17.2 Å². The molecule has 1 saturated heterocycles. The summed E-state index contributed by atoms with van der Waals surface area (Å²) in [5, 5.41) is 5.79. The first-order valence-electron chi connectivity index (χ1n) is 14.6. The van der Waals surface area contributed by atoms with Crippen LogP contribution in [0.25, 0.3) is 10.8 Å². The van der Waals surface area contributed by atoms with E-state index in [2.05, 4.69) is 12.2 Å². The van der Waals surface area contributed by atoms with E-state index in [-0.39, 0.29) is 24.1 Å². The van der Waals surface area contributed by atoms with Gasteiger partial charge in [-0.05, 0) is 43.6 Å². The average Bonchev–Trinajstić information content (AvgIpc) is 2.93. The molecule has 0 radical (unpaired) electrons. The van der Waals surface area contributed by atoms with Crippen molar-refractivity contribution in [2.45, 2.75) is 95.7 Å². The van der Waals surface area contributed by atoms with Crippen molar-refractivity contribution >= 4 is 22.8 Å². The lowest BCUT2D eigenvalue weighted by atomic mass is 9.84. The fraction of sp³-hybridized carbons (Fsp3) is 0.613. The van der Waals surface area contributed by atoms with Crippen LogP contribution in [0.15, 0.2) is 42.5 Å². The van der Waals surface area contributed by atoms with Crippen molar-refractivity contribution in [3.8, 4) is 5.75 Å². The third-order valence-corrected chi connectivity index (χ3v) is 8.75. The van der Waals surface area contributed by atoms with Gasteiger partial charge in [0.1, 0.15) is 5.75 Å². The highest BCUT2D eigenvalue weighted by Gasteiger charge is 2.36. The molecule has 0 unspecified atom stereocenters. The van der Waals surface area contributed by atoms with Crippen LogP contribution in [0.5, 0.6) is 5.75 Å². The highest BCUT2D eigenvalue weighted by molar-refractivity contribution is 5.90. The number of ether oxygens (including phenoxy) is 1. The lowest BCUT2D eigenvalue weighted by Gasteiger charge is -2.42. The van der Waals surface area contributed by atoms with E-state index in [1.807, 2.05) is 47.4 Å². The minimum atomic E-state index is -0.339. The van der Waals surface area contributed by atoms with Crippen molar-refractivity contribution in [3.05, 3.63) is 42.5 Å². The van der Waals surface area contributed by atoms with E-state index in [1.165, 1.54) is 64.2 Å². The standard InChI is InChI=1S/C31H43N3O3/c1-23-22-33(31(36)37-29-18-10-14-25-13-8-9-17-27(25)29)19-20-34(23)30(35)28(21-24-11-4-2-5-12-24)32-26-15-6-3-7-16-26/h8-10,13-14,17-18,23-24,26,28,32H,2-7,11-12,15-16,19-22H2,1H3/t23-,28-/m1/s1. The van der Waals surface area contributed by atoms with Gasteiger partial charge in [-0.3, -0.25) is 4.79 Å². The number of benzene rings is 2. The van der Waals surface area contributed by atoms with Gasteiger partial charge in [0.2, 0.25) is 5.91 Å². The number of rotatable bonds is 6. The fourth-order valence-electron chi connectivity index (χ4n) is 6.64. The zero-order valence-electron chi connectivity index (χ0n) is 22.4. The number of carbonyl (C=O) groups is 2. The van der Waals surface area contributed by atoms with Gasteiger partial charge in [-0.25, -0.2) is 4.79 Å². The smallest absolute Gasteiger partial charge is 0.410 e. The SMILES string of the molecule is C[C@@H]1CN(C(=O)Oc2cccc3ccccc23)CCN1C(=O)[C@@H](CC1CCCCC1)NC1CCCCC1. The molecule has 0 spiro atoms. The second-order valence-corrected chi connectivity index (χ2v) is 11.5. The summed E-state index contributed by atoms with van der Waals surface area (Å²) in [5.74, 6) is 1.45. The van der Waals surface area contributed by atoms with E-state index >= 15 is 0 Å². The van der Waals surface area contributed by atoms with E-state index in [1.54, 1.807) is 4.90 Å². The minimum Gasteiger partial charge on any atom is -0.410 e. The molecule has 2 aromatic rings. The second-order valence-electron chi connectivity index (χ2n) is 11.5. The Balaban J connectivity index is 1.22. The van der Waals surface area contributed by atoms with Gasteiger partial charge in [0.25, 0.3) is 0 Å². The van der Waals surface area contributed by atoms with Gasteiger partial charge in [0.05, 0.1) is 6.04 Å². The Morgan fingerprint density at radius 2 is 1.62 bits per heavy atom. The Hall–Kier alpha value is -2.60. The molecule has 2 aromatic carbocycles. The van der Waals surface area contributed by atoms with Crippen LogP contribution in [-0.4, -0.2) is 59.6 Å². The summed E-state index contributed by atoms with van der Waals surface area (Å²) in [7, 11) is 0. The summed E-state index contributed by atoms with van der Waals surface area (Å²) in [5.41, 5.74) is 0. The first-order chi connectivity index (χ1) is 18.1. The number of nitrogens with one attached hydrogen (secondary N) is 1. The quantitative estimate of drug-likeness (QED) is 0.513. The molecule has 1 heterocycles. The van der Waals surface area contributed by atoms with Crippen molar-refractivity contribution in [1.29, 1.82) is 0 Å². The monoisotopic (exact) mass is 505 g/mol. The molecule has 0 aromatic heterocycles. The molecule has 200 valence electrons. The predicted molar refractivity (Wildman–Crippen MR) is 148 cm³/mol. The highest BCUT2D eigenvalue weighted by atomic mass is 16.6. The Kier molecular flexibility index (Phi) is 8.65. The predicted octanol–water partition coefficient (Wildman–Crippen LogP) is 6.13. The van der Waals surface area contributed by atoms with Gasteiger partial charge in [-0.1, -0.05) is 87.8 Å². The number of amides is 2.